The first-order valence-corrected chi connectivity index (χ1v) is 14.5. The second-order valence-electron chi connectivity index (χ2n) is 12.2. The van der Waals surface area contributed by atoms with Gasteiger partial charge < -0.3 is 15.0 Å². The molecule has 2 aromatic rings. The number of hydrogen-bond donors (Lipinski definition) is 1. The van der Waals surface area contributed by atoms with Crippen molar-refractivity contribution in [2.45, 2.75) is 83.6 Å². The summed E-state index contributed by atoms with van der Waals surface area (Å²) in [5, 5.41) is 7.24. The number of allylic oxidation sites excluding steroid dienone is 1. The van der Waals surface area contributed by atoms with E-state index in [1.165, 1.54) is 53.9 Å². The van der Waals surface area contributed by atoms with Crippen LogP contribution in [0.3, 0.4) is 0 Å². The molecular weight excluding hydrogens is 450 g/mol. The summed E-state index contributed by atoms with van der Waals surface area (Å²) in [6.07, 6.45) is 6.08. The number of nitrogens with one attached hydrogen (secondary N) is 1. The van der Waals surface area contributed by atoms with Crippen molar-refractivity contribution in [3.63, 3.8) is 0 Å². The van der Waals surface area contributed by atoms with Crippen LogP contribution in [0.1, 0.15) is 77.8 Å². The molecule has 2 unspecified atom stereocenters. The highest BCUT2D eigenvalue weighted by Crippen LogP contribution is 2.47. The fraction of sp³-hybridized carbons (Fsp3) is 0.633. The number of hydrogen-bond acceptors (Lipinski definition) is 5. The maximum atomic E-state index is 5.60. The zero-order valence-corrected chi connectivity index (χ0v) is 23.1. The van der Waals surface area contributed by atoms with Gasteiger partial charge in [-0.25, -0.2) is 4.98 Å². The van der Waals surface area contributed by atoms with E-state index in [0.717, 1.165) is 37.7 Å². The van der Waals surface area contributed by atoms with Gasteiger partial charge in [0.25, 0.3) is 0 Å². The van der Waals surface area contributed by atoms with Gasteiger partial charge in [0.05, 0.1) is 18.1 Å². The lowest BCUT2D eigenvalue weighted by atomic mass is 9.63. The third kappa shape index (κ3) is 5.17. The Morgan fingerprint density at radius 3 is 2.57 bits per heavy atom. The number of rotatable bonds is 8. The lowest BCUT2D eigenvalue weighted by molar-refractivity contribution is 0.210. The molecule has 5 rings (SSSR count). The quantitative estimate of drug-likeness (QED) is 0.406. The van der Waals surface area contributed by atoms with Gasteiger partial charge in [0.15, 0.2) is 5.13 Å². The van der Waals surface area contributed by atoms with E-state index < -0.39 is 0 Å². The molecule has 4 nitrogen and oxygen atoms in total. The molecule has 190 valence electrons. The van der Waals surface area contributed by atoms with Gasteiger partial charge in [0, 0.05) is 36.0 Å². The van der Waals surface area contributed by atoms with Crippen molar-refractivity contribution in [3.05, 3.63) is 47.0 Å². The van der Waals surface area contributed by atoms with E-state index in [-0.39, 0.29) is 10.8 Å². The summed E-state index contributed by atoms with van der Waals surface area (Å²) >= 11 is 1.80. The average Bonchev–Trinajstić information content (AvgIpc) is 3.46. The Kier molecular flexibility index (Phi) is 6.78. The molecule has 0 radical (unpaired) electrons. The number of thiazole rings is 1. The first-order chi connectivity index (χ1) is 16.7. The SMILES string of the molecule is C=C(OCC)C1CC1CNC1CCN(c2nc(-c3ccc4c(c3)C(C)(C)CCC4(C)C)cs2)CC1. The maximum absolute atomic E-state index is 5.60. The van der Waals surface area contributed by atoms with Gasteiger partial charge >= 0.3 is 0 Å². The number of piperidine rings is 1. The van der Waals surface area contributed by atoms with Gasteiger partial charge in [-0.2, -0.15) is 0 Å². The van der Waals surface area contributed by atoms with E-state index in [9.17, 15) is 0 Å². The van der Waals surface area contributed by atoms with Crippen LogP contribution < -0.4 is 10.2 Å². The van der Waals surface area contributed by atoms with E-state index in [1.807, 2.05) is 6.92 Å². The Labute approximate surface area is 216 Å². The van der Waals surface area contributed by atoms with Crippen LogP contribution in [-0.4, -0.2) is 37.3 Å². The molecule has 2 heterocycles. The third-order valence-corrected chi connectivity index (χ3v) is 9.64. The highest BCUT2D eigenvalue weighted by molar-refractivity contribution is 7.14. The summed E-state index contributed by atoms with van der Waals surface area (Å²) < 4.78 is 5.60. The molecule has 35 heavy (non-hydrogen) atoms. The molecule has 1 N–H and O–H groups in total. The van der Waals surface area contributed by atoms with E-state index >= 15 is 0 Å². The lowest BCUT2D eigenvalue weighted by Gasteiger charge is -2.42. The van der Waals surface area contributed by atoms with Crippen molar-refractivity contribution in [2.24, 2.45) is 11.8 Å². The molecule has 2 atom stereocenters. The molecule has 1 saturated carbocycles. The number of benzene rings is 1. The first-order valence-electron chi connectivity index (χ1n) is 13.6. The van der Waals surface area contributed by atoms with Crippen molar-refractivity contribution in [3.8, 4) is 11.3 Å². The van der Waals surface area contributed by atoms with Gasteiger partial charge in [0.1, 0.15) is 0 Å². The van der Waals surface area contributed by atoms with Crippen LogP contribution in [0.15, 0.2) is 35.9 Å². The summed E-state index contributed by atoms with van der Waals surface area (Å²) in [4.78, 5) is 7.57. The zero-order valence-electron chi connectivity index (χ0n) is 22.3. The van der Waals surface area contributed by atoms with Gasteiger partial charge in [-0.15, -0.1) is 11.3 Å². The molecule has 2 fully saturated rings. The van der Waals surface area contributed by atoms with Crippen molar-refractivity contribution in [1.82, 2.24) is 10.3 Å². The van der Waals surface area contributed by atoms with Crippen LogP contribution in [0.25, 0.3) is 11.3 Å². The maximum Gasteiger partial charge on any atom is 0.185 e. The molecule has 0 amide bonds. The summed E-state index contributed by atoms with van der Waals surface area (Å²) in [5.74, 6) is 2.26. The number of aromatic nitrogens is 1. The molecule has 5 heteroatoms. The van der Waals surface area contributed by atoms with E-state index in [2.05, 4.69) is 68.1 Å². The van der Waals surface area contributed by atoms with E-state index in [4.69, 9.17) is 9.72 Å². The predicted octanol–water partition coefficient (Wildman–Crippen LogP) is 6.90. The second-order valence-corrected chi connectivity index (χ2v) is 13.1. The minimum absolute atomic E-state index is 0.228. The Balaban J connectivity index is 1.17. The van der Waals surface area contributed by atoms with Crippen LogP contribution >= 0.6 is 11.3 Å². The minimum atomic E-state index is 0.228. The summed E-state index contributed by atoms with van der Waals surface area (Å²) in [7, 11) is 0. The van der Waals surface area contributed by atoms with E-state index in [0.29, 0.717) is 17.9 Å². The molecular formula is C30H43N3OS. The van der Waals surface area contributed by atoms with Crippen molar-refractivity contribution in [2.75, 3.05) is 31.1 Å². The van der Waals surface area contributed by atoms with Gasteiger partial charge in [0.2, 0.25) is 0 Å². The van der Waals surface area contributed by atoms with Gasteiger partial charge in [-0.3, -0.25) is 0 Å². The molecule has 1 aromatic carbocycles. The zero-order chi connectivity index (χ0) is 24.8. The minimum Gasteiger partial charge on any atom is -0.499 e. The van der Waals surface area contributed by atoms with Crippen molar-refractivity contribution < 1.29 is 4.74 Å². The van der Waals surface area contributed by atoms with Crippen LogP contribution in [-0.2, 0) is 15.6 Å². The normalized spacial score (nSPS) is 25.2. The molecule has 2 aliphatic carbocycles. The van der Waals surface area contributed by atoms with Crippen LogP contribution in [0.4, 0.5) is 5.13 Å². The average molecular weight is 494 g/mol. The molecule has 1 aromatic heterocycles. The fourth-order valence-corrected chi connectivity index (χ4v) is 6.93. The van der Waals surface area contributed by atoms with Crippen molar-refractivity contribution in [1.29, 1.82) is 0 Å². The highest BCUT2D eigenvalue weighted by Gasteiger charge is 2.40. The molecule has 0 bridgehead atoms. The standard InChI is InChI=1S/C30H43N3OS/c1-7-34-20(2)24-16-22(24)18-31-23-10-14-33(15-11-23)28-32-27(19-35-28)21-8-9-25-26(17-21)30(5,6)13-12-29(25,3)4/h8-9,17,19,22-24,31H,2,7,10-16,18H2,1,3-6H3. The summed E-state index contributed by atoms with van der Waals surface area (Å²) in [6, 6.07) is 7.70. The number of anilines is 1. The molecule has 3 aliphatic rings. The van der Waals surface area contributed by atoms with E-state index in [1.54, 1.807) is 11.3 Å². The Morgan fingerprint density at radius 2 is 1.86 bits per heavy atom. The number of nitrogens with zero attached hydrogens (tertiary/aromatic N) is 2. The molecule has 1 saturated heterocycles. The lowest BCUT2D eigenvalue weighted by Crippen LogP contribution is -2.43. The molecule has 1 aliphatic heterocycles. The number of ether oxygens (including phenoxy) is 1. The highest BCUT2D eigenvalue weighted by atomic mass is 32.1. The predicted molar refractivity (Wildman–Crippen MR) is 148 cm³/mol. The van der Waals surface area contributed by atoms with Crippen LogP contribution in [0, 0.1) is 11.8 Å². The monoisotopic (exact) mass is 493 g/mol. The number of fused-ring (bicyclic) bond motifs is 1. The second kappa shape index (κ2) is 9.55. The van der Waals surface area contributed by atoms with Gasteiger partial charge in [-0.05, 0) is 79.5 Å². The molecule has 0 spiro atoms. The fourth-order valence-electron chi connectivity index (χ4n) is 6.04. The Bertz CT molecular complexity index is 1060. The van der Waals surface area contributed by atoms with Crippen LogP contribution in [0.5, 0.6) is 0 Å². The first kappa shape index (κ1) is 24.8. The van der Waals surface area contributed by atoms with Gasteiger partial charge in [-0.1, -0.05) is 46.4 Å². The largest absolute Gasteiger partial charge is 0.499 e. The topological polar surface area (TPSA) is 37.4 Å². The summed E-state index contributed by atoms with van der Waals surface area (Å²) in [5.41, 5.74) is 5.90. The summed E-state index contributed by atoms with van der Waals surface area (Å²) in [6.45, 7) is 19.7. The third-order valence-electron chi connectivity index (χ3n) is 8.74. The Hall–Kier alpha value is -1.85. The Morgan fingerprint density at radius 1 is 1.14 bits per heavy atom. The van der Waals surface area contributed by atoms with Crippen molar-refractivity contribution >= 4 is 16.5 Å². The smallest absolute Gasteiger partial charge is 0.185 e. The van der Waals surface area contributed by atoms with Crippen LogP contribution in [0.2, 0.25) is 0 Å².